The van der Waals surface area contributed by atoms with E-state index in [1.807, 2.05) is 6.07 Å². The van der Waals surface area contributed by atoms with Crippen LogP contribution in [-0.4, -0.2) is 30.1 Å². The van der Waals surface area contributed by atoms with Gasteiger partial charge in [0.2, 0.25) is 0 Å². The van der Waals surface area contributed by atoms with Gasteiger partial charge in [-0.1, -0.05) is 66.7 Å². The number of fused-ring (bicyclic) bond motifs is 2. The van der Waals surface area contributed by atoms with Crippen LogP contribution in [0.25, 0.3) is 11.1 Å². The Kier molecular flexibility index (Phi) is 4.27. The number of benzene rings is 3. The summed E-state index contributed by atoms with van der Waals surface area (Å²) >= 11 is 0. The predicted molar refractivity (Wildman–Crippen MR) is 107 cm³/mol. The number of piperidine rings is 1. The van der Waals surface area contributed by atoms with E-state index in [1.165, 1.54) is 22.8 Å². The fourth-order valence-electron chi connectivity index (χ4n) is 4.62. The average molecular weight is 358 g/mol. The van der Waals surface area contributed by atoms with Gasteiger partial charge < -0.3 is 5.32 Å². The molecule has 0 saturated carbocycles. The van der Waals surface area contributed by atoms with E-state index < -0.39 is 0 Å². The van der Waals surface area contributed by atoms with E-state index in [0.29, 0.717) is 18.0 Å². The topological polar surface area (TPSA) is 15.3 Å². The van der Waals surface area contributed by atoms with Crippen molar-refractivity contribution in [3.05, 3.63) is 95.8 Å². The lowest BCUT2D eigenvalue weighted by Gasteiger charge is -2.55. The summed E-state index contributed by atoms with van der Waals surface area (Å²) in [7, 11) is 0. The minimum absolute atomic E-state index is 0.149. The molecule has 27 heavy (non-hydrogen) atoms. The van der Waals surface area contributed by atoms with Gasteiger partial charge in [-0.25, -0.2) is 4.39 Å². The highest BCUT2D eigenvalue weighted by molar-refractivity contribution is 5.63. The maximum Gasteiger partial charge on any atom is 0.123 e. The van der Waals surface area contributed by atoms with Crippen molar-refractivity contribution in [1.82, 2.24) is 10.2 Å². The summed E-state index contributed by atoms with van der Waals surface area (Å²) in [6.07, 6.45) is 0. The van der Waals surface area contributed by atoms with Crippen molar-refractivity contribution in [3.8, 4) is 11.1 Å². The lowest BCUT2D eigenvalue weighted by molar-refractivity contribution is 0.0470. The van der Waals surface area contributed by atoms with E-state index in [-0.39, 0.29) is 5.82 Å². The lowest BCUT2D eigenvalue weighted by atomic mass is 9.74. The van der Waals surface area contributed by atoms with Crippen LogP contribution in [0.2, 0.25) is 0 Å². The largest absolute Gasteiger partial charge is 0.307 e. The van der Waals surface area contributed by atoms with Gasteiger partial charge in [0.25, 0.3) is 0 Å². The molecule has 3 aliphatic rings. The molecular weight excluding hydrogens is 335 g/mol. The second-order valence-corrected chi connectivity index (χ2v) is 7.72. The molecule has 136 valence electrons. The van der Waals surface area contributed by atoms with Crippen molar-refractivity contribution in [2.45, 2.75) is 24.5 Å². The Morgan fingerprint density at radius 2 is 1.52 bits per heavy atom. The number of halogens is 1. The minimum atomic E-state index is -0.149. The standard InChI is InChI=1S/C24H23FN2/c25-21-8-4-5-17(13-21)14-27-15-22-24(23(16-27)26-22)20-11-9-19(10-12-20)18-6-2-1-3-7-18/h1-13,22-24,26H,14-16H2/t22-,23+,24?. The maximum absolute atomic E-state index is 13.4. The maximum atomic E-state index is 13.4. The molecule has 0 aromatic heterocycles. The first-order valence-corrected chi connectivity index (χ1v) is 9.64. The SMILES string of the molecule is Fc1cccc(CN2C[C@@H]3N[C@H](C2)C3c2ccc(-c3ccccc3)cc2)c1. The van der Waals surface area contributed by atoms with Gasteiger partial charge in [0.15, 0.2) is 0 Å². The molecule has 0 amide bonds. The fourth-order valence-corrected chi connectivity index (χ4v) is 4.62. The molecule has 0 radical (unpaired) electrons. The Balaban J connectivity index is 1.26. The van der Waals surface area contributed by atoms with Gasteiger partial charge in [0.05, 0.1) is 0 Å². The van der Waals surface area contributed by atoms with Gasteiger partial charge in [0, 0.05) is 37.6 Å². The Morgan fingerprint density at radius 3 is 2.22 bits per heavy atom. The molecule has 3 aromatic rings. The van der Waals surface area contributed by atoms with Crippen LogP contribution in [0.5, 0.6) is 0 Å². The van der Waals surface area contributed by atoms with E-state index in [9.17, 15) is 4.39 Å². The summed E-state index contributed by atoms with van der Waals surface area (Å²) in [5, 5.41) is 3.69. The molecule has 3 fully saturated rings. The normalized spacial score (nSPS) is 24.4. The van der Waals surface area contributed by atoms with E-state index in [0.717, 1.165) is 25.2 Å². The van der Waals surface area contributed by atoms with Crippen LogP contribution in [0.3, 0.4) is 0 Å². The Hall–Kier alpha value is -2.49. The number of nitrogens with zero attached hydrogens (tertiary/aromatic N) is 1. The third-order valence-corrected chi connectivity index (χ3v) is 5.90. The minimum Gasteiger partial charge on any atom is -0.307 e. The molecule has 3 saturated heterocycles. The quantitative estimate of drug-likeness (QED) is 0.742. The van der Waals surface area contributed by atoms with Gasteiger partial charge in [-0.15, -0.1) is 0 Å². The smallest absolute Gasteiger partial charge is 0.123 e. The molecule has 3 aromatic carbocycles. The highest BCUT2D eigenvalue weighted by atomic mass is 19.1. The Morgan fingerprint density at radius 1 is 0.815 bits per heavy atom. The molecule has 1 unspecified atom stereocenters. The van der Waals surface area contributed by atoms with Crippen LogP contribution in [0, 0.1) is 5.82 Å². The van der Waals surface area contributed by atoms with Gasteiger partial charge in [-0.05, 0) is 34.4 Å². The van der Waals surface area contributed by atoms with Crippen molar-refractivity contribution >= 4 is 0 Å². The first-order chi connectivity index (χ1) is 13.3. The number of hydrogen-bond donors (Lipinski definition) is 1. The highest BCUT2D eigenvalue weighted by Crippen LogP contribution is 2.37. The highest BCUT2D eigenvalue weighted by Gasteiger charge is 2.46. The molecule has 2 bridgehead atoms. The third kappa shape index (κ3) is 3.29. The zero-order valence-electron chi connectivity index (χ0n) is 15.2. The van der Waals surface area contributed by atoms with Gasteiger partial charge in [0.1, 0.15) is 5.82 Å². The van der Waals surface area contributed by atoms with E-state index in [1.54, 1.807) is 12.1 Å². The summed E-state index contributed by atoms with van der Waals surface area (Å²) < 4.78 is 13.4. The van der Waals surface area contributed by atoms with Crippen molar-refractivity contribution in [2.24, 2.45) is 0 Å². The predicted octanol–water partition coefficient (Wildman–Crippen LogP) is 4.43. The molecular formula is C24H23FN2. The fraction of sp³-hybridized carbons (Fsp3) is 0.250. The van der Waals surface area contributed by atoms with Gasteiger partial charge in [-0.2, -0.15) is 0 Å². The van der Waals surface area contributed by atoms with Crippen LogP contribution in [0.15, 0.2) is 78.9 Å². The lowest BCUT2D eigenvalue weighted by Crippen LogP contribution is -2.71. The van der Waals surface area contributed by atoms with Crippen molar-refractivity contribution in [2.75, 3.05) is 13.1 Å². The molecule has 3 heterocycles. The van der Waals surface area contributed by atoms with E-state index >= 15 is 0 Å². The summed E-state index contributed by atoms with van der Waals surface area (Å²) in [6.45, 7) is 2.85. The first kappa shape index (κ1) is 16.7. The van der Waals surface area contributed by atoms with Crippen LogP contribution >= 0.6 is 0 Å². The summed E-state index contributed by atoms with van der Waals surface area (Å²) in [5.74, 6) is 0.433. The zero-order valence-corrected chi connectivity index (χ0v) is 15.2. The Bertz CT molecular complexity index is 911. The molecule has 0 aliphatic carbocycles. The number of piperazine rings is 1. The van der Waals surface area contributed by atoms with Crippen molar-refractivity contribution in [1.29, 1.82) is 0 Å². The van der Waals surface area contributed by atoms with Crippen LogP contribution in [0.1, 0.15) is 17.0 Å². The number of nitrogens with one attached hydrogen (secondary N) is 1. The average Bonchev–Trinajstić information content (AvgIpc) is 2.69. The summed E-state index contributed by atoms with van der Waals surface area (Å²) in [5.41, 5.74) is 5.01. The third-order valence-electron chi connectivity index (χ3n) is 5.90. The second-order valence-electron chi connectivity index (χ2n) is 7.72. The number of hydrogen-bond acceptors (Lipinski definition) is 2. The van der Waals surface area contributed by atoms with E-state index in [2.05, 4.69) is 64.8 Å². The van der Waals surface area contributed by atoms with Gasteiger partial charge in [-0.3, -0.25) is 4.90 Å². The van der Waals surface area contributed by atoms with Crippen molar-refractivity contribution < 1.29 is 4.39 Å². The van der Waals surface area contributed by atoms with E-state index in [4.69, 9.17) is 0 Å². The van der Waals surface area contributed by atoms with Crippen molar-refractivity contribution in [3.63, 3.8) is 0 Å². The zero-order chi connectivity index (χ0) is 18.2. The second kappa shape index (κ2) is 6.91. The molecule has 1 N–H and O–H groups in total. The molecule has 2 nitrogen and oxygen atoms in total. The summed E-state index contributed by atoms with van der Waals surface area (Å²) in [6, 6.07) is 27.5. The van der Waals surface area contributed by atoms with Crippen LogP contribution in [-0.2, 0) is 6.54 Å². The molecule has 3 aliphatic heterocycles. The molecule has 0 spiro atoms. The van der Waals surface area contributed by atoms with Crippen LogP contribution < -0.4 is 5.32 Å². The number of rotatable bonds is 4. The Labute approximate surface area is 159 Å². The van der Waals surface area contributed by atoms with Gasteiger partial charge >= 0.3 is 0 Å². The molecule has 6 rings (SSSR count). The first-order valence-electron chi connectivity index (χ1n) is 9.64. The summed E-state index contributed by atoms with van der Waals surface area (Å²) in [4.78, 5) is 2.44. The molecule has 3 heteroatoms. The molecule has 3 atom stereocenters. The van der Waals surface area contributed by atoms with Crippen LogP contribution in [0.4, 0.5) is 4.39 Å². The monoisotopic (exact) mass is 358 g/mol.